The lowest BCUT2D eigenvalue weighted by molar-refractivity contribution is 0.627. The maximum absolute atomic E-state index is 14.4. The predicted molar refractivity (Wildman–Crippen MR) is 268 cm³/mol. The molecule has 0 radical (unpaired) electrons. The van der Waals surface area contributed by atoms with E-state index in [1.54, 1.807) is 12.1 Å². The Balaban J connectivity index is 0.959. The summed E-state index contributed by atoms with van der Waals surface area (Å²) in [5.41, 5.74) is 16.2. The van der Waals surface area contributed by atoms with Crippen LogP contribution in [0.2, 0.25) is 0 Å². The number of hydrogen-bond acceptors (Lipinski definition) is 1. The third kappa shape index (κ3) is 5.44. The highest BCUT2D eigenvalue weighted by Crippen LogP contribution is 2.51. The Morgan fingerprint density at radius 2 is 0.984 bits per heavy atom. The van der Waals surface area contributed by atoms with E-state index in [4.69, 9.17) is 0 Å². The average molecular weight is 821 g/mol. The molecule has 1 aromatic heterocycles. The van der Waals surface area contributed by atoms with Gasteiger partial charge in [-0.25, -0.2) is 4.39 Å². The summed E-state index contributed by atoms with van der Waals surface area (Å²) < 4.78 is 16.8. The number of rotatable bonds is 6. The fourth-order valence-corrected chi connectivity index (χ4v) is 10.9. The van der Waals surface area contributed by atoms with Crippen molar-refractivity contribution in [3.8, 4) is 39.1 Å². The van der Waals surface area contributed by atoms with E-state index in [0.29, 0.717) is 0 Å². The SMILES string of the molecule is CC1(C)c2ccccc2-c2ccc(N(c3ccc(-c4ccccc4)cc3)c3ccc(-c4ccc5c6c7ccc8cccc9ccc(cc6n(-c6ccc(F)cc6)c5c4)c7c98)cc3)cc21. The molecule has 2 nitrogen and oxygen atoms in total. The number of halogens is 1. The van der Waals surface area contributed by atoms with Gasteiger partial charge in [0.15, 0.2) is 0 Å². The molecule has 0 saturated heterocycles. The first kappa shape index (κ1) is 36.6. The summed E-state index contributed by atoms with van der Waals surface area (Å²) in [5.74, 6) is -0.248. The van der Waals surface area contributed by atoms with Crippen LogP contribution in [0.25, 0.3) is 93.2 Å². The Bertz CT molecular complexity index is 3770. The summed E-state index contributed by atoms with van der Waals surface area (Å²) in [6.45, 7) is 4.68. The third-order valence-corrected chi connectivity index (χ3v) is 14.0. The van der Waals surface area contributed by atoms with Gasteiger partial charge in [0.25, 0.3) is 0 Å². The zero-order chi connectivity index (χ0) is 42.7. The normalized spacial score (nSPS) is 13.0. The van der Waals surface area contributed by atoms with E-state index in [1.165, 1.54) is 76.5 Å². The average Bonchev–Trinajstić information content (AvgIpc) is 3.79. The van der Waals surface area contributed by atoms with E-state index >= 15 is 0 Å². The van der Waals surface area contributed by atoms with Crippen LogP contribution in [0.4, 0.5) is 21.5 Å². The van der Waals surface area contributed by atoms with Crippen LogP contribution in [0, 0.1) is 5.82 Å². The van der Waals surface area contributed by atoms with E-state index in [2.05, 4.69) is 211 Å². The molecule has 0 spiro atoms. The fraction of sp³-hybridized carbons (Fsp3) is 0.0492. The summed E-state index contributed by atoms with van der Waals surface area (Å²) in [7, 11) is 0. The molecule has 1 heterocycles. The van der Waals surface area contributed by atoms with Crippen molar-refractivity contribution < 1.29 is 4.39 Å². The van der Waals surface area contributed by atoms with Gasteiger partial charge in [-0.3, -0.25) is 0 Å². The van der Waals surface area contributed by atoms with Gasteiger partial charge in [0.2, 0.25) is 0 Å². The Morgan fingerprint density at radius 1 is 0.391 bits per heavy atom. The van der Waals surface area contributed by atoms with Crippen LogP contribution in [-0.4, -0.2) is 4.57 Å². The summed E-state index contributed by atoms with van der Waals surface area (Å²) in [4.78, 5) is 2.38. The summed E-state index contributed by atoms with van der Waals surface area (Å²) >= 11 is 0. The standard InChI is InChI=1S/C61H41FN2/c1-61(2)54-14-7-6-13-50(54)51-34-31-49(37-55(51)61)63(46-25-17-39(18-26-46)38-9-4-3-5-10-38)47-27-19-40(20-28-47)43-22-32-52-56(35-43)64(48-29-23-45(62)24-30-48)57-36-44-16-15-41-11-8-12-42-21-33-53(60(52)57)59(44)58(41)42/h3-37H,1-2H3. The number of benzene rings is 11. The minimum atomic E-state index is -0.248. The minimum Gasteiger partial charge on any atom is -0.310 e. The van der Waals surface area contributed by atoms with Gasteiger partial charge >= 0.3 is 0 Å². The molecule has 12 aromatic rings. The van der Waals surface area contributed by atoms with Crippen LogP contribution in [0.1, 0.15) is 25.0 Å². The van der Waals surface area contributed by atoms with E-state index in [9.17, 15) is 4.39 Å². The zero-order valence-electron chi connectivity index (χ0n) is 35.5. The molecule has 3 heteroatoms. The van der Waals surface area contributed by atoms with E-state index in [0.717, 1.165) is 44.9 Å². The van der Waals surface area contributed by atoms with Crippen LogP contribution < -0.4 is 4.90 Å². The summed E-state index contributed by atoms with van der Waals surface area (Å²) in [6, 6.07) is 75.9. The first-order valence-electron chi connectivity index (χ1n) is 22.1. The molecule has 0 aliphatic heterocycles. The summed E-state index contributed by atoms with van der Waals surface area (Å²) in [5, 5.41) is 9.89. The predicted octanol–water partition coefficient (Wildman–Crippen LogP) is 16.9. The summed E-state index contributed by atoms with van der Waals surface area (Å²) in [6.07, 6.45) is 0. The smallest absolute Gasteiger partial charge is 0.123 e. The highest BCUT2D eigenvalue weighted by molar-refractivity contribution is 6.33. The Labute approximate surface area is 371 Å². The molecule has 0 bridgehead atoms. The molecule has 302 valence electrons. The van der Waals surface area contributed by atoms with Gasteiger partial charge in [0.1, 0.15) is 5.82 Å². The van der Waals surface area contributed by atoms with E-state index < -0.39 is 0 Å². The number of anilines is 3. The van der Waals surface area contributed by atoms with Crippen molar-refractivity contribution in [2.75, 3.05) is 4.90 Å². The minimum absolute atomic E-state index is 0.124. The second kappa shape index (κ2) is 13.7. The van der Waals surface area contributed by atoms with Gasteiger partial charge in [-0.1, -0.05) is 153 Å². The van der Waals surface area contributed by atoms with Crippen molar-refractivity contribution in [3.05, 3.63) is 229 Å². The van der Waals surface area contributed by atoms with Crippen LogP contribution in [0.5, 0.6) is 0 Å². The van der Waals surface area contributed by atoms with Crippen LogP contribution in [0.15, 0.2) is 212 Å². The van der Waals surface area contributed by atoms with Crippen molar-refractivity contribution in [1.29, 1.82) is 0 Å². The zero-order valence-corrected chi connectivity index (χ0v) is 35.5. The number of hydrogen-bond donors (Lipinski definition) is 0. The Hall–Kier alpha value is -8.01. The van der Waals surface area contributed by atoms with E-state index in [1.807, 2.05) is 12.1 Å². The van der Waals surface area contributed by atoms with Crippen molar-refractivity contribution in [3.63, 3.8) is 0 Å². The first-order valence-corrected chi connectivity index (χ1v) is 22.1. The molecule has 13 rings (SSSR count). The molecule has 11 aromatic carbocycles. The first-order chi connectivity index (χ1) is 31.4. The quantitative estimate of drug-likeness (QED) is 0.152. The molecule has 64 heavy (non-hydrogen) atoms. The van der Waals surface area contributed by atoms with Crippen molar-refractivity contribution in [1.82, 2.24) is 4.57 Å². The lowest BCUT2D eigenvalue weighted by atomic mass is 9.82. The van der Waals surface area contributed by atoms with Crippen molar-refractivity contribution in [2.45, 2.75) is 19.3 Å². The molecular weight excluding hydrogens is 780 g/mol. The maximum Gasteiger partial charge on any atom is 0.123 e. The van der Waals surface area contributed by atoms with Crippen LogP contribution >= 0.6 is 0 Å². The molecular formula is C61H41FN2. The largest absolute Gasteiger partial charge is 0.310 e. The van der Waals surface area contributed by atoms with Crippen molar-refractivity contribution >= 4 is 71.2 Å². The highest BCUT2D eigenvalue weighted by atomic mass is 19.1. The molecule has 0 amide bonds. The lowest BCUT2D eigenvalue weighted by Crippen LogP contribution is -2.16. The van der Waals surface area contributed by atoms with Gasteiger partial charge in [-0.2, -0.15) is 0 Å². The highest BCUT2D eigenvalue weighted by Gasteiger charge is 2.35. The van der Waals surface area contributed by atoms with Gasteiger partial charge in [0, 0.05) is 38.9 Å². The number of nitrogens with zero attached hydrogens (tertiary/aromatic N) is 2. The maximum atomic E-state index is 14.4. The molecule has 0 N–H and O–H groups in total. The van der Waals surface area contributed by atoms with Crippen molar-refractivity contribution in [2.24, 2.45) is 0 Å². The van der Waals surface area contributed by atoms with Gasteiger partial charge in [-0.05, 0) is 150 Å². The lowest BCUT2D eigenvalue weighted by Gasteiger charge is -2.28. The Morgan fingerprint density at radius 3 is 1.73 bits per heavy atom. The number of fused-ring (bicyclic) bond motifs is 7. The third-order valence-electron chi connectivity index (χ3n) is 14.0. The second-order valence-electron chi connectivity index (χ2n) is 17.9. The fourth-order valence-electron chi connectivity index (χ4n) is 10.9. The topological polar surface area (TPSA) is 8.17 Å². The molecule has 0 fully saturated rings. The van der Waals surface area contributed by atoms with Crippen LogP contribution in [0.3, 0.4) is 0 Å². The van der Waals surface area contributed by atoms with Gasteiger partial charge < -0.3 is 9.47 Å². The molecule has 0 unspecified atom stereocenters. The molecule has 1 aliphatic rings. The monoisotopic (exact) mass is 820 g/mol. The Kier molecular flexibility index (Phi) is 7.87. The van der Waals surface area contributed by atoms with E-state index in [-0.39, 0.29) is 11.2 Å². The molecule has 0 atom stereocenters. The molecule has 1 aliphatic carbocycles. The van der Waals surface area contributed by atoms with Gasteiger partial charge in [-0.15, -0.1) is 0 Å². The molecule has 0 saturated carbocycles. The van der Waals surface area contributed by atoms with Crippen LogP contribution in [-0.2, 0) is 5.41 Å². The second-order valence-corrected chi connectivity index (χ2v) is 17.9. The number of aromatic nitrogens is 1. The van der Waals surface area contributed by atoms with Gasteiger partial charge in [0.05, 0.1) is 11.0 Å².